The topological polar surface area (TPSA) is 137 Å². The van der Waals surface area contributed by atoms with Crippen LogP contribution in [0.4, 0.5) is 5.82 Å². The normalized spacial score (nSPS) is 12.4. The van der Waals surface area contributed by atoms with Gasteiger partial charge in [-0.2, -0.15) is 0 Å². The molecular formula is C8H13N5O3. The van der Waals surface area contributed by atoms with Crippen LogP contribution in [0, 0.1) is 5.92 Å². The molecule has 1 aromatic heterocycles. The molecule has 0 aliphatic heterocycles. The van der Waals surface area contributed by atoms with Gasteiger partial charge in [0.05, 0.1) is 0 Å². The first kappa shape index (κ1) is 12.0. The molecule has 0 aliphatic carbocycles. The average molecular weight is 227 g/mol. The molecule has 0 spiro atoms. The van der Waals surface area contributed by atoms with Gasteiger partial charge in [-0.05, 0) is 16.2 Å². The number of nitrogens with one attached hydrogen (secondary N) is 1. The molecule has 1 heterocycles. The van der Waals surface area contributed by atoms with Crippen LogP contribution in [0.1, 0.15) is 24.3 Å². The van der Waals surface area contributed by atoms with E-state index in [1.807, 2.05) is 0 Å². The maximum atomic E-state index is 11.6. The molecule has 0 bridgehead atoms. The Balaban J connectivity index is 2.77. The number of nitrogens with two attached hydrogens (primary N) is 2. The number of hydrogen-bond donors (Lipinski definition) is 3. The molecule has 8 nitrogen and oxygen atoms in total. The molecule has 1 aromatic rings. The number of rotatable bonds is 4. The summed E-state index contributed by atoms with van der Waals surface area (Å²) in [6.07, 6.45) is 0. The van der Waals surface area contributed by atoms with Gasteiger partial charge in [0.25, 0.3) is 5.91 Å². The van der Waals surface area contributed by atoms with Crippen molar-refractivity contribution in [2.24, 2.45) is 11.7 Å². The largest absolute Gasteiger partial charge is 0.379 e. The van der Waals surface area contributed by atoms with E-state index in [1.165, 1.54) is 0 Å². The lowest BCUT2D eigenvalue weighted by atomic mass is 10.0. The monoisotopic (exact) mass is 227 g/mol. The number of aromatic nitrogens is 2. The second-order valence-corrected chi connectivity index (χ2v) is 3.60. The van der Waals surface area contributed by atoms with Gasteiger partial charge in [0, 0.05) is 0 Å². The fourth-order valence-electron chi connectivity index (χ4n) is 1.13. The molecule has 1 unspecified atom stereocenters. The fourth-order valence-corrected chi connectivity index (χ4v) is 1.13. The zero-order valence-electron chi connectivity index (χ0n) is 8.93. The smallest absolute Gasteiger partial charge is 0.278 e. The van der Waals surface area contributed by atoms with E-state index in [4.69, 9.17) is 11.5 Å². The maximum absolute atomic E-state index is 11.6. The van der Waals surface area contributed by atoms with Crippen molar-refractivity contribution >= 4 is 17.6 Å². The first-order valence-electron chi connectivity index (χ1n) is 4.61. The molecule has 0 fully saturated rings. The molecule has 1 atom stereocenters. The van der Waals surface area contributed by atoms with Gasteiger partial charge < -0.3 is 16.8 Å². The third-order valence-corrected chi connectivity index (χ3v) is 1.99. The number of carbonyl (C=O) groups excluding carboxylic acids is 2. The van der Waals surface area contributed by atoms with Crippen molar-refractivity contribution in [1.29, 1.82) is 0 Å². The lowest BCUT2D eigenvalue weighted by molar-refractivity contribution is -0.120. The summed E-state index contributed by atoms with van der Waals surface area (Å²) in [7, 11) is 0. The number of nitrogen functional groups attached to an aromatic ring is 1. The predicted octanol–water partition coefficient (Wildman–Crippen LogP) is -1.11. The Morgan fingerprint density at radius 1 is 1.38 bits per heavy atom. The zero-order chi connectivity index (χ0) is 12.3. The minimum atomic E-state index is -0.788. The standard InChI is InChI=1S/C8H13N5O3/c1-3(2)4(7(10)14)11-8(15)5-6(9)13-16-12-5/h3-4H,1-2H3,(H2,9,13)(H2,10,14)(H,11,15). The van der Waals surface area contributed by atoms with Crippen molar-refractivity contribution < 1.29 is 14.2 Å². The van der Waals surface area contributed by atoms with E-state index in [0.717, 1.165) is 0 Å². The van der Waals surface area contributed by atoms with E-state index in [-0.39, 0.29) is 17.4 Å². The Labute approximate surface area is 91.3 Å². The number of anilines is 1. The van der Waals surface area contributed by atoms with Crippen LogP contribution in [0.15, 0.2) is 4.63 Å². The number of primary amides is 1. The molecule has 16 heavy (non-hydrogen) atoms. The Morgan fingerprint density at radius 2 is 2.00 bits per heavy atom. The second kappa shape index (κ2) is 4.60. The third-order valence-electron chi connectivity index (χ3n) is 1.99. The lowest BCUT2D eigenvalue weighted by Crippen LogP contribution is -2.47. The van der Waals surface area contributed by atoms with Gasteiger partial charge in [-0.25, -0.2) is 4.63 Å². The van der Waals surface area contributed by atoms with Crippen LogP contribution < -0.4 is 16.8 Å². The summed E-state index contributed by atoms with van der Waals surface area (Å²) in [4.78, 5) is 22.6. The van der Waals surface area contributed by atoms with Crippen molar-refractivity contribution in [1.82, 2.24) is 15.6 Å². The maximum Gasteiger partial charge on any atom is 0.278 e. The SMILES string of the molecule is CC(C)C(NC(=O)c1nonc1N)C(N)=O. The summed E-state index contributed by atoms with van der Waals surface area (Å²) in [5, 5.41) is 8.96. The lowest BCUT2D eigenvalue weighted by Gasteiger charge is -2.17. The zero-order valence-corrected chi connectivity index (χ0v) is 8.93. The number of nitrogens with zero attached hydrogens (tertiary/aromatic N) is 2. The molecule has 0 aromatic carbocycles. The minimum absolute atomic E-state index is 0.135. The van der Waals surface area contributed by atoms with Crippen LogP contribution >= 0.6 is 0 Å². The number of carbonyl (C=O) groups is 2. The summed E-state index contributed by atoms with van der Waals surface area (Å²) >= 11 is 0. The summed E-state index contributed by atoms with van der Waals surface area (Å²) in [5.41, 5.74) is 10.3. The van der Waals surface area contributed by atoms with E-state index in [1.54, 1.807) is 13.8 Å². The van der Waals surface area contributed by atoms with E-state index < -0.39 is 17.9 Å². The molecule has 0 saturated heterocycles. The van der Waals surface area contributed by atoms with Crippen molar-refractivity contribution in [3.05, 3.63) is 5.69 Å². The van der Waals surface area contributed by atoms with Gasteiger partial charge in [0.15, 0.2) is 0 Å². The van der Waals surface area contributed by atoms with Crippen molar-refractivity contribution in [2.45, 2.75) is 19.9 Å². The molecule has 0 aliphatic rings. The van der Waals surface area contributed by atoms with Crippen molar-refractivity contribution in [3.8, 4) is 0 Å². The van der Waals surface area contributed by atoms with Crippen LogP contribution in [0.5, 0.6) is 0 Å². The van der Waals surface area contributed by atoms with Crippen LogP contribution in [0.25, 0.3) is 0 Å². The van der Waals surface area contributed by atoms with Crippen molar-refractivity contribution in [3.63, 3.8) is 0 Å². The molecule has 8 heteroatoms. The predicted molar refractivity (Wildman–Crippen MR) is 54.0 cm³/mol. The molecule has 0 radical (unpaired) electrons. The van der Waals surface area contributed by atoms with Crippen LogP contribution in [-0.2, 0) is 4.79 Å². The van der Waals surface area contributed by atoms with Gasteiger partial charge in [-0.3, -0.25) is 9.59 Å². The van der Waals surface area contributed by atoms with E-state index in [0.29, 0.717) is 0 Å². The summed E-state index contributed by atoms with van der Waals surface area (Å²) < 4.78 is 4.27. The molecular weight excluding hydrogens is 214 g/mol. The molecule has 1 rings (SSSR count). The Kier molecular flexibility index (Phi) is 3.44. The first-order chi connectivity index (χ1) is 7.43. The van der Waals surface area contributed by atoms with E-state index in [9.17, 15) is 9.59 Å². The highest BCUT2D eigenvalue weighted by Crippen LogP contribution is 2.06. The van der Waals surface area contributed by atoms with Gasteiger partial charge in [-0.1, -0.05) is 13.8 Å². The molecule has 5 N–H and O–H groups in total. The highest BCUT2D eigenvalue weighted by molar-refractivity contribution is 5.98. The Morgan fingerprint density at radius 3 is 2.38 bits per heavy atom. The first-order valence-corrected chi connectivity index (χ1v) is 4.61. The Bertz CT molecular complexity index is 400. The van der Waals surface area contributed by atoms with Gasteiger partial charge >= 0.3 is 0 Å². The van der Waals surface area contributed by atoms with Crippen molar-refractivity contribution in [2.75, 3.05) is 5.73 Å². The second-order valence-electron chi connectivity index (χ2n) is 3.60. The van der Waals surface area contributed by atoms with Crippen LogP contribution in [-0.4, -0.2) is 28.2 Å². The van der Waals surface area contributed by atoms with Crippen LogP contribution in [0.2, 0.25) is 0 Å². The third kappa shape index (κ3) is 2.47. The fraction of sp³-hybridized carbons (Fsp3) is 0.500. The number of hydrogen-bond acceptors (Lipinski definition) is 6. The summed E-state index contributed by atoms with van der Waals surface area (Å²) in [6, 6.07) is -0.788. The number of amides is 2. The van der Waals surface area contributed by atoms with Crippen LogP contribution in [0.3, 0.4) is 0 Å². The highest BCUT2D eigenvalue weighted by Gasteiger charge is 2.25. The molecule has 2 amide bonds. The van der Waals surface area contributed by atoms with E-state index in [2.05, 4.69) is 20.3 Å². The molecule has 0 saturated carbocycles. The molecule has 88 valence electrons. The minimum Gasteiger partial charge on any atom is -0.379 e. The van der Waals surface area contributed by atoms with Gasteiger partial charge in [0.2, 0.25) is 17.4 Å². The quantitative estimate of drug-likeness (QED) is 0.596. The van der Waals surface area contributed by atoms with Gasteiger partial charge in [0.1, 0.15) is 6.04 Å². The highest BCUT2D eigenvalue weighted by atomic mass is 16.6. The average Bonchev–Trinajstić information content (AvgIpc) is 2.59. The summed E-state index contributed by atoms with van der Waals surface area (Å²) in [6.45, 7) is 3.50. The van der Waals surface area contributed by atoms with E-state index >= 15 is 0 Å². The van der Waals surface area contributed by atoms with Gasteiger partial charge in [-0.15, -0.1) is 0 Å². The summed E-state index contributed by atoms with van der Waals surface area (Å²) in [5.74, 6) is -1.54. The Hall–Kier alpha value is -2.12.